The lowest BCUT2D eigenvalue weighted by atomic mass is 10.1. The van der Waals surface area contributed by atoms with Crippen LogP contribution in [-0.2, 0) is 4.79 Å². The van der Waals surface area contributed by atoms with Gasteiger partial charge in [-0.1, -0.05) is 17.7 Å². The van der Waals surface area contributed by atoms with Crippen LogP contribution in [0, 0.1) is 0 Å². The number of aliphatic carboxylic acids is 1. The lowest BCUT2D eigenvalue weighted by Crippen LogP contribution is -2.20. The number of alkyl halides is 3. The molecule has 1 rings (SSSR count). The molecule has 17 heavy (non-hydrogen) atoms. The van der Waals surface area contributed by atoms with Gasteiger partial charge in [-0.05, 0) is 12.1 Å². The van der Waals surface area contributed by atoms with Crippen molar-refractivity contribution in [3.05, 3.63) is 28.8 Å². The molecule has 0 radical (unpaired) electrons. The van der Waals surface area contributed by atoms with Crippen LogP contribution in [0.5, 0.6) is 5.75 Å². The molecule has 0 aliphatic heterocycles. The SMILES string of the molecule is O=C(O)C(O)c1ccc(Cl)cc1OC(F)(F)F. The van der Waals surface area contributed by atoms with Crippen LogP contribution in [0.15, 0.2) is 18.2 Å². The first kappa shape index (κ1) is 13.6. The summed E-state index contributed by atoms with van der Waals surface area (Å²) in [4.78, 5) is 10.5. The number of halogens is 4. The van der Waals surface area contributed by atoms with E-state index >= 15 is 0 Å². The smallest absolute Gasteiger partial charge is 0.479 e. The maximum atomic E-state index is 12.0. The van der Waals surface area contributed by atoms with Crippen molar-refractivity contribution in [3.63, 3.8) is 0 Å². The van der Waals surface area contributed by atoms with Gasteiger partial charge in [0.2, 0.25) is 0 Å². The van der Waals surface area contributed by atoms with E-state index < -0.39 is 29.7 Å². The first-order valence-corrected chi connectivity index (χ1v) is 4.54. The van der Waals surface area contributed by atoms with Crippen molar-refractivity contribution in [1.82, 2.24) is 0 Å². The zero-order valence-electron chi connectivity index (χ0n) is 8.03. The van der Waals surface area contributed by atoms with Gasteiger partial charge in [0.25, 0.3) is 0 Å². The molecule has 0 spiro atoms. The highest BCUT2D eigenvalue weighted by atomic mass is 35.5. The van der Waals surface area contributed by atoms with Crippen LogP contribution in [0.3, 0.4) is 0 Å². The minimum absolute atomic E-state index is 0.0782. The normalized spacial score (nSPS) is 13.2. The van der Waals surface area contributed by atoms with Gasteiger partial charge in [-0.25, -0.2) is 4.79 Å². The molecule has 1 atom stereocenters. The highest BCUT2D eigenvalue weighted by molar-refractivity contribution is 6.30. The Morgan fingerprint density at radius 2 is 2.00 bits per heavy atom. The number of rotatable bonds is 3. The third kappa shape index (κ3) is 3.79. The molecule has 0 aromatic heterocycles. The van der Waals surface area contributed by atoms with Crippen LogP contribution < -0.4 is 4.74 Å². The van der Waals surface area contributed by atoms with Crippen LogP contribution in [0.4, 0.5) is 13.2 Å². The van der Waals surface area contributed by atoms with E-state index in [2.05, 4.69) is 4.74 Å². The van der Waals surface area contributed by atoms with Gasteiger partial charge >= 0.3 is 12.3 Å². The summed E-state index contributed by atoms with van der Waals surface area (Å²) in [6.45, 7) is 0. The number of ether oxygens (including phenoxy) is 1. The predicted molar refractivity (Wildman–Crippen MR) is 50.7 cm³/mol. The van der Waals surface area contributed by atoms with E-state index in [0.717, 1.165) is 18.2 Å². The highest BCUT2D eigenvalue weighted by Gasteiger charge is 2.33. The van der Waals surface area contributed by atoms with E-state index in [1.54, 1.807) is 0 Å². The first-order valence-electron chi connectivity index (χ1n) is 4.17. The molecule has 0 amide bonds. The maximum Gasteiger partial charge on any atom is 0.573 e. The van der Waals surface area contributed by atoms with E-state index in [4.69, 9.17) is 16.7 Å². The molecule has 8 heteroatoms. The molecule has 1 unspecified atom stereocenters. The van der Waals surface area contributed by atoms with Gasteiger partial charge < -0.3 is 14.9 Å². The maximum absolute atomic E-state index is 12.0. The van der Waals surface area contributed by atoms with Crippen molar-refractivity contribution in [2.45, 2.75) is 12.5 Å². The largest absolute Gasteiger partial charge is 0.573 e. The van der Waals surface area contributed by atoms with Gasteiger partial charge in [0.15, 0.2) is 6.10 Å². The summed E-state index contributed by atoms with van der Waals surface area (Å²) >= 11 is 5.45. The Balaban J connectivity index is 3.17. The van der Waals surface area contributed by atoms with Gasteiger partial charge in [-0.3, -0.25) is 0 Å². The number of hydrogen-bond donors (Lipinski definition) is 2. The molecule has 0 saturated heterocycles. The summed E-state index contributed by atoms with van der Waals surface area (Å²) < 4.78 is 39.6. The fourth-order valence-electron chi connectivity index (χ4n) is 1.08. The number of hydrogen-bond acceptors (Lipinski definition) is 3. The average Bonchev–Trinajstić information content (AvgIpc) is 2.14. The second-order valence-corrected chi connectivity index (χ2v) is 3.41. The summed E-state index contributed by atoms with van der Waals surface area (Å²) in [5.74, 6) is -2.54. The van der Waals surface area contributed by atoms with Gasteiger partial charge in [0.1, 0.15) is 5.75 Å². The molecule has 0 aliphatic carbocycles. The lowest BCUT2D eigenvalue weighted by Gasteiger charge is -2.15. The zero-order chi connectivity index (χ0) is 13.2. The minimum Gasteiger partial charge on any atom is -0.479 e. The topological polar surface area (TPSA) is 66.8 Å². The van der Waals surface area contributed by atoms with Crippen LogP contribution in [0.1, 0.15) is 11.7 Å². The molecule has 0 bridgehead atoms. The zero-order valence-corrected chi connectivity index (χ0v) is 8.79. The number of aliphatic hydroxyl groups is 1. The Morgan fingerprint density at radius 1 is 1.41 bits per heavy atom. The van der Waals surface area contributed by atoms with Crippen molar-refractivity contribution in [2.75, 3.05) is 0 Å². The summed E-state index contributed by atoms with van der Waals surface area (Å²) in [6, 6.07) is 2.87. The number of carboxylic acids is 1. The van der Waals surface area contributed by atoms with Crippen molar-refractivity contribution >= 4 is 17.6 Å². The fourth-order valence-corrected chi connectivity index (χ4v) is 1.24. The number of carbonyl (C=O) groups is 1. The van der Waals surface area contributed by atoms with Crippen LogP contribution >= 0.6 is 11.6 Å². The quantitative estimate of drug-likeness (QED) is 0.885. The predicted octanol–water partition coefficient (Wildman–Crippen LogP) is 2.36. The molecule has 0 heterocycles. The molecular formula is C9H6ClF3O4. The average molecular weight is 271 g/mol. The summed E-state index contributed by atoms with van der Waals surface area (Å²) in [5, 5.41) is 17.6. The van der Waals surface area contributed by atoms with Gasteiger partial charge in [-0.15, -0.1) is 13.2 Å². The number of carboxylic acid groups (broad SMARTS) is 1. The van der Waals surface area contributed by atoms with E-state index in [0.29, 0.717) is 0 Å². The Labute approximate surface area is 98.2 Å². The van der Waals surface area contributed by atoms with E-state index in [1.807, 2.05) is 0 Å². The second kappa shape index (κ2) is 4.80. The summed E-state index contributed by atoms with van der Waals surface area (Å²) in [6.07, 6.45) is -7.12. The molecule has 4 nitrogen and oxygen atoms in total. The Hall–Kier alpha value is -1.47. The van der Waals surface area contributed by atoms with Crippen molar-refractivity contribution < 1.29 is 32.9 Å². The fraction of sp³-hybridized carbons (Fsp3) is 0.222. The van der Waals surface area contributed by atoms with Crippen LogP contribution in [0.25, 0.3) is 0 Å². The molecule has 1 aromatic rings. The molecular weight excluding hydrogens is 265 g/mol. The summed E-state index contributed by atoms with van der Waals surface area (Å²) in [7, 11) is 0. The van der Waals surface area contributed by atoms with E-state index in [1.165, 1.54) is 0 Å². The first-order chi connectivity index (χ1) is 7.70. The minimum atomic E-state index is -5.00. The third-order valence-electron chi connectivity index (χ3n) is 1.73. The van der Waals surface area contributed by atoms with Gasteiger partial charge in [0.05, 0.1) is 0 Å². The highest BCUT2D eigenvalue weighted by Crippen LogP contribution is 2.32. The number of aliphatic hydroxyl groups excluding tert-OH is 1. The molecule has 0 saturated carbocycles. The third-order valence-corrected chi connectivity index (χ3v) is 1.96. The summed E-state index contributed by atoms with van der Waals surface area (Å²) in [5.41, 5.74) is -0.528. The van der Waals surface area contributed by atoms with E-state index in [-0.39, 0.29) is 5.02 Å². The van der Waals surface area contributed by atoms with Crippen molar-refractivity contribution in [2.24, 2.45) is 0 Å². The Morgan fingerprint density at radius 3 is 2.47 bits per heavy atom. The molecule has 0 aliphatic rings. The second-order valence-electron chi connectivity index (χ2n) is 2.97. The lowest BCUT2D eigenvalue weighted by molar-refractivity contribution is -0.275. The van der Waals surface area contributed by atoms with Crippen molar-refractivity contribution in [1.29, 1.82) is 0 Å². The molecule has 2 N–H and O–H groups in total. The number of benzene rings is 1. The Bertz CT molecular complexity index is 433. The van der Waals surface area contributed by atoms with Gasteiger partial charge in [0, 0.05) is 10.6 Å². The molecule has 0 fully saturated rings. The van der Waals surface area contributed by atoms with Crippen LogP contribution in [-0.4, -0.2) is 22.5 Å². The standard InChI is InChI=1S/C9H6ClF3O4/c10-4-1-2-5(7(14)8(15)16)6(3-4)17-9(11,12)13/h1-3,7,14H,(H,15,16). The van der Waals surface area contributed by atoms with E-state index in [9.17, 15) is 23.1 Å². The Kier molecular flexibility index (Phi) is 3.84. The molecule has 1 aromatic carbocycles. The van der Waals surface area contributed by atoms with Crippen LogP contribution in [0.2, 0.25) is 5.02 Å². The molecule has 94 valence electrons. The van der Waals surface area contributed by atoms with Crippen molar-refractivity contribution in [3.8, 4) is 5.75 Å². The monoisotopic (exact) mass is 270 g/mol. The van der Waals surface area contributed by atoms with Gasteiger partial charge in [-0.2, -0.15) is 0 Å².